The minimum Gasteiger partial charge on any atom is -0.486 e. The highest BCUT2D eigenvalue weighted by atomic mass is 32.1. The van der Waals surface area contributed by atoms with E-state index < -0.39 is 0 Å². The van der Waals surface area contributed by atoms with Crippen molar-refractivity contribution in [2.24, 2.45) is 5.92 Å². The zero-order valence-electron chi connectivity index (χ0n) is 14.4. The second-order valence-corrected chi connectivity index (χ2v) is 7.75. The molecule has 0 spiro atoms. The Balaban J connectivity index is 1.49. The van der Waals surface area contributed by atoms with E-state index in [2.05, 4.69) is 29.2 Å². The summed E-state index contributed by atoms with van der Waals surface area (Å²) in [5.74, 6) is 1.30. The van der Waals surface area contributed by atoms with Crippen molar-refractivity contribution in [2.45, 2.75) is 51.8 Å². The Morgan fingerprint density at radius 3 is 2.62 bits per heavy atom. The Hall–Kier alpha value is -1.46. The molecule has 1 aliphatic rings. The van der Waals surface area contributed by atoms with Crippen LogP contribution in [0.3, 0.4) is 0 Å². The zero-order chi connectivity index (χ0) is 16.9. The first kappa shape index (κ1) is 17.4. The molecule has 0 atom stereocenters. The summed E-state index contributed by atoms with van der Waals surface area (Å²) in [6, 6.07) is 6.77. The van der Waals surface area contributed by atoms with Gasteiger partial charge >= 0.3 is 0 Å². The number of halogens is 1. The molecule has 0 N–H and O–H groups in total. The minimum absolute atomic E-state index is 0.251. The van der Waals surface area contributed by atoms with Gasteiger partial charge in [0, 0.05) is 18.0 Å². The van der Waals surface area contributed by atoms with Gasteiger partial charge in [0.05, 0.1) is 5.69 Å². The highest BCUT2D eigenvalue weighted by Crippen LogP contribution is 2.27. The summed E-state index contributed by atoms with van der Waals surface area (Å²) in [5.41, 5.74) is 1.11. The Kier molecular flexibility index (Phi) is 5.85. The van der Waals surface area contributed by atoms with E-state index in [9.17, 15) is 4.39 Å². The van der Waals surface area contributed by atoms with Crippen molar-refractivity contribution in [1.29, 1.82) is 0 Å². The Morgan fingerprint density at radius 1 is 1.21 bits per heavy atom. The summed E-state index contributed by atoms with van der Waals surface area (Å²) >= 11 is 1.62. The van der Waals surface area contributed by atoms with Gasteiger partial charge in [0.15, 0.2) is 0 Å². The van der Waals surface area contributed by atoms with E-state index in [1.807, 2.05) is 0 Å². The van der Waals surface area contributed by atoms with E-state index in [0.29, 0.717) is 18.4 Å². The molecule has 2 aromatic rings. The van der Waals surface area contributed by atoms with Crippen molar-refractivity contribution in [3.63, 3.8) is 0 Å². The second kappa shape index (κ2) is 8.08. The van der Waals surface area contributed by atoms with Gasteiger partial charge in [-0.1, -0.05) is 6.92 Å². The van der Waals surface area contributed by atoms with E-state index in [1.54, 1.807) is 23.5 Å². The standard InChI is InChI=1S/C19H25FN2OS/c1-14-3-7-17(8-4-14)22(2)11-16-13-24-19(21-16)12-23-18-9-5-15(20)6-10-18/h5-6,9-10,13-14,17H,3-4,7-8,11-12H2,1-2H3. The van der Waals surface area contributed by atoms with Gasteiger partial charge in [0.25, 0.3) is 0 Å². The van der Waals surface area contributed by atoms with Gasteiger partial charge in [0.2, 0.25) is 0 Å². The molecule has 1 fully saturated rings. The van der Waals surface area contributed by atoms with E-state index in [1.165, 1.54) is 37.8 Å². The van der Waals surface area contributed by atoms with Crippen LogP contribution in [0.15, 0.2) is 29.6 Å². The Bertz CT molecular complexity index is 635. The minimum atomic E-state index is -0.251. The molecule has 3 nitrogen and oxygen atoms in total. The number of ether oxygens (including phenoxy) is 1. The molecular weight excluding hydrogens is 323 g/mol. The normalized spacial score (nSPS) is 21.2. The van der Waals surface area contributed by atoms with Crippen molar-refractivity contribution < 1.29 is 9.13 Å². The predicted molar refractivity (Wildman–Crippen MR) is 95.7 cm³/mol. The van der Waals surface area contributed by atoms with Crippen LogP contribution in [0.2, 0.25) is 0 Å². The molecule has 0 saturated heterocycles. The average molecular weight is 348 g/mol. The number of hydrogen-bond donors (Lipinski definition) is 0. The zero-order valence-corrected chi connectivity index (χ0v) is 15.2. The number of benzene rings is 1. The van der Waals surface area contributed by atoms with E-state index >= 15 is 0 Å². The number of rotatable bonds is 6. The predicted octanol–water partition coefficient (Wildman–Crippen LogP) is 4.87. The van der Waals surface area contributed by atoms with Gasteiger partial charge < -0.3 is 4.74 Å². The summed E-state index contributed by atoms with van der Waals surface area (Å²) in [6.07, 6.45) is 5.26. The van der Waals surface area contributed by atoms with Crippen LogP contribution < -0.4 is 4.74 Å². The Morgan fingerprint density at radius 2 is 1.92 bits per heavy atom. The van der Waals surface area contributed by atoms with E-state index in [0.717, 1.165) is 23.2 Å². The smallest absolute Gasteiger partial charge is 0.140 e. The third kappa shape index (κ3) is 4.77. The van der Waals surface area contributed by atoms with Crippen molar-refractivity contribution in [1.82, 2.24) is 9.88 Å². The maximum atomic E-state index is 12.9. The molecule has 1 aromatic carbocycles. The van der Waals surface area contributed by atoms with Gasteiger partial charge in [-0.15, -0.1) is 11.3 Å². The molecular formula is C19H25FN2OS. The fourth-order valence-electron chi connectivity index (χ4n) is 3.23. The van der Waals surface area contributed by atoms with Gasteiger partial charge in [0.1, 0.15) is 23.2 Å². The first-order chi connectivity index (χ1) is 11.6. The van der Waals surface area contributed by atoms with Crippen molar-refractivity contribution in [3.05, 3.63) is 46.2 Å². The maximum Gasteiger partial charge on any atom is 0.140 e. The van der Waals surface area contributed by atoms with Crippen LogP contribution in [0.1, 0.15) is 43.3 Å². The van der Waals surface area contributed by atoms with Crippen LogP contribution in [0.5, 0.6) is 5.75 Å². The highest BCUT2D eigenvalue weighted by molar-refractivity contribution is 7.09. The summed E-state index contributed by atoms with van der Waals surface area (Å²) in [4.78, 5) is 7.11. The second-order valence-electron chi connectivity index (χ2n) is 6.80. The van der Waals surface area contributed by atoms with Gasteiger partial charge in [-0.3, -0.25) is 4.90 Å². The molecule has 3 rings (SSSR count). The number of thiazole rings is 1. The average Bonchev–Trinajstić information content (AvgIpc) is 3.02. The summed E-state index contributed by atoms with van der Waals surface area (Å²) in [5, 5.41) is 3.07. The molecule has 24 heavy (non-hydrogen) atoms. The van der Waals surface area contributed by atoms with Gasteiger partial charge in [-0.2, -0.15) is 0 Å². The third-order valence-electron chi connectivity index (χ3n) is 4.80. The number of nitrogens with zero attached hydrogens (tertiary/aromatic N) is 2. The topological polar surface area (TPSA) is 25.4 Å². The monoisotopic (exact) mass is 348 g/mol. The lowest BCUT2D eigenvalue weighted by Gasteiger charge is -2.33. The van der Waals surface area contributed by atoms with Crippen LogP contribution in [0.4, 0.5) is 4.39 Å². The first-order valence-corrected chi connectivity index (χ1v) is 9.50. The molecule has 0 amide bonds. The maximum absolute atomic E-state index is 12.9. The molecule has 5 heteroatoms. The van der Waals surface area contributed by atoms with Crippen molar-refractivity contribution in [2.75, 3.05) is 7.05 Å². The SMILES string of the molecule is CC1CCC(N(C)Cc2csc(COc3ccc(F)cc3)n2)CC1. The van der Waals surface area contributed by atoms with Crippen LogP contribution in [0.25, 0.3) is 0 Å². The fraction of sp³-hybridized carbons (Fsp3) is 0.526. The van der Waals surface area contributed by atoms with Crippen molar-refractivity contribution in [3.8, 4) is 5.75 Å². The number of hydrogen-bond acceptors (Lipinski definition) is 4. The van der Waals surface area contributed by atoms with E-state index in [-0.39, 0.29) is 5.82 Å². The lowest BCUT2D eigenvalue weighted by atomic mass is 9.87. The van der Waals surface area contributed by atoms with Crippen LogP contribution in [0, 0.1) is 11.7 Å². The summed E-state index contributed by atoms with van der Waals surface area (Å²) in [7, 11) is 2.20. The lowest BCUT2D eigenvalue weighted by molar-refractivity contribution is 0.162. The van der Waals surface area contributed by atoms with Gasteiger partial charge in [-0.25, -0.2) is 9.37 Å². The Labute approximate surface area is 147 Å². The molecule has 1 aromatic heterocycles. The van der Waals surface area contributed by atoms with E-state index in [4.69, 9.17) is 4.74 Å². The third-order valence-corrected chi connectivity index (χ3v) is 5.67. The first-order valence-electron chi connectivity index (χ1n) is 8.62. The molecule has 1 saturated carbocycles. The molecule has 1 aliphatic carbocycles. The number of aromatic nitrogens is 1. The van der Waals surface area contributed by atoms with Crippen LogP contribution in [-0.4, -0.2) is 23.0 Å². The van der Waals surface area contributed by atoms with Gasteiger partial charge in [-0.05, 0) is 62.9 Å². The largest absolute Gasteiger partial charge is 0.486 e. The molecule has 0 aliphatic heterocycles. The van der Waals surface area contributed by atoms with Crippen LogP contribution >= 0.6 is 11.3 Å². The van der Waals surface area contributed by atoms with Crippen LogP contribution in [-0.2, 0) is 13.2 Å². The molecule has 0 radical (unpaired) electrons. The molecule has 0 unspecified atom stereocenters. The fourth-order valence-corrected chi connectivity index (χ4v) is 3.93. The highest BCUT2D eigenvalue weighted by Gasteiger charge is 2.22. The quantitative estimate of drug-likeness (QED) is 0.744. The summed E-state index contributed by atoms with van der Waals surface area (Å²) < 4.78 is 18.5. The summed E-state index contributed by atoms with van der Waals surface area (Å²) in [6.45, 7) is 3.68. The molecule has 130 valence electrons. The van der Waals surface area contributed by atoms with Crippen molar-refractivity contribution >= 4 is 11.3 Å². The molecule has 1 heterocycles. The lowest BCUT2D eigenvalue weighted by Crippen LogP contribution is -2.34. The molecule has 0 bridgehead atoms.